The quantitative estimate of drug-likeness (QED) is 0.456. The number of methoxy groups -OCH3 is 1. The van der Waals surface area contributed by atoms with Crippen LogP contribution in [0.2, 0.25) is 0 Å². The summed E-state index contributed by atoms with van der Waals surface area (Å²) in [5.74, 6) is 2.37. The smallest absolute Gasteiger partial charge is 0.338 e. The van der Waals surface area contributed by atoms with E-state index in [1.54, 1.807) is 31.2 Å². The lowest BCUT2D eigenvalue weighted by molar-refractivity contribution is -0.122. The van der Waals surface area contributed by atoms with Crippen LogP contribution in [-0.4, -0.2) is 35.7 Å². The molecule has 1 aromatic carbocycles. The summed E-state index contributed by atoms with van der Waals surface area (Å²) in [5, 5.41) is -0.405. The summed E-state index contributed by atoms with van der Waals surface area (Å²) in [7, 11) is 1.33. The molecule has 1 aliphatic rings. The SMILES string of the molecule is C#CCN1C(=O)S/C(=C/c2ccc(-c3cccc(C(=O)OC)c3C)o2)C1=O. The van der Waals surface area contributed by atoms with E-state index < -0.39 is 17.1 Å². The fraction of sp³-hybridized carbons (Fsp3) is 0.150. The molecule has 0 N–H and O–H groups in total. The molecule has 2 heterocycles. The number of imide groups is 1. The highest BCUT2D eigenvalue weighted by Gasteiger charge is 2.34. The molecular formula is C20H15NO5S. The average Bonchev–Trinajstić information content (AvgIpc) is 3.22. The monoisotopic (exact) mass is 381 g/mol. The van der Waals surface area contributed by atoms with Crippen LogP contribution < -0.4 is 0 Å². The van der Waals surface area contributed by atoms with Crippen molar-refractivity contribution in [3.05, 3.63) is 52.1 Å². The Labute approximate surface area is 160 Å². The molecule has 0 bridgehead atoms. The molecule has 1 fully saturated rings. The first-order chi connectivity index (χ1) is 13.0. The zero-order valence-corrected chi connectivity index (χ0v) is 15.5. The molecule has 0 aliphatic carbocycles. The summed E-state index contributed by atoms with van der Waals surface area (Å²) in [6, 6.07) is 8.67. The van der Waals surface area contributed by atoms with Gasteiger partial charge in [0.25, 0.3) is 11.1 Å². The molecular weight excluding hydrogens is 366 g/mol. The number of benzene rings is 1. The molecule has 1 aliphatic heterocycles. The Kier molecular flexibility index (Phi) is 5.19. The number of amides is 2. The van der Waals surface area contributed by atoms with Gasteiger partial charge >= 0.3 is 5.97 Å². The fourth-order valence-electron chi connectivity index (χ4n) is 2.67. The van der Waals surface area contributed by atoms with Gasteiger partial charge in [0.05, 0.1) is 24.1 Å². The summed E-state index contributed by atoms with van der Waals surface area (Å²) in [5.41, 5.74) is 1.90. The number of carbonyl (C=O) groups excluding carboxylic acids is 3. The van der Waals surface area contributed by atoms with E-state index in [4.69, 9.17) is 15.6 Å². The van der Waals surface area contributed by atoms with Crippen LogP contribution in [0.3, 0.4) is 0 Å². The summed E-state index contributed by atoms with van der Waals surface area (Å²) in [6.45, 7) is 1.74. The number of carbonyl (C=O) groups is 3. The summed E-state index contributed by atoms with van der Waals surface area (Å²) in [4.78, 5) is 37.2. The Bertz CT molecular complexity index is 1010. The second kappa shape index (κ2) is 7.56. The van der Waals surface area contributed by atoms with Crippen molar-refractivity contribution < 1.29 is 23.5 Å². The van der Waals surface area contributed by atoms with Crippen LogP contribution in [0, 0.1) is 19.3 Å². The number of terminal acetylenes is 1. The van der Waals surface area contributed by atoms with Gasteiger partial charge < -0.3 is 9.15 Å². The predicted octanol–water partition coefficient (Wildman–Crippen LogP) is 3.71. The van der Waals surface area contributed by atoms with Crippen molar-refractivity contribution in [1.29, 1.82) is 0 Å². The van der Waals surface area contributed by atoms with Crippen molar-refractivity contribution in [3.8, 4) is 23.7 Å². The number of rotatable bonds is 4. The van der Waals surface area contributed by atoms with E-state index in [0.29, 0.717) is 17.1 Å². The maximum atomic E-state index is 12.2. The standard InChI is InChI=1S/C20H15NO5S/c1-4-10-21-18(22)17(27-20(21)24)11-13-8-9-16(26-13)14-6-5-7-15(12(14)2)19(23)25-3/h1,5-9,11H,10H2,2-3H3/b17-11+. The zero-order valence-electron chi connectivity index (χ0n) is 14.6. The van der Waals surface area contributed by atoms with Gasteiger partial charge in [-0.25, -0.2) is 4.79 Å². The Morgan fingerprint density at radius 2 is 2.11 bits per heavy atom. The van der Waals surface area contributed by atoms with E-state index in [9.17, 15) is 14.4 Å². The molecule has 1 saturated heterocycles. The molecule has 0 unspecified atom stereocenters. The Hall–Kier alpha value is -3.24. The summed E-state index contributed by atoms with van der Waals surface area (Å²) < 4.78 is 10.6. The Balaban J connectivity index is 1.91. The van der Waals surface area contributed by atoms with E-state index in [1.807, 2.05) is 6.07 Å². The van der Waals surface area contributed by atoms with Gasteiger partial charge in [-0.05, 0) is 42.4 Å². The molecule has 6 nitrogen and oxygen atoms in total. The van der Waals surface area contributed by atoms with Crippen molar-refractivity contribution in [2.45, 2.75) is 6.92 Å². The third-order valence-electron chi connectivity index (χ3n) is 4.03. The highest BCUT2D eigenvalue weighted by molar-refractivity contribution is 8.18. The van der Waals surface area contributed by atoms with Crippen molar-refractivity contribution in [3.63, 3.8) is 0 Å². The number of hydrogen-bond donors (Lipinski definition) is 0. The van der Waals surface area contributed by atoms with Gasteiger partial charge in [-0.2, -0.15) is 0 Å². The van der Waals surface area contributed by atoms with Crippen molar-refractivity contribution in [1.82, 2.24) is 4.90 Å². The number of esters is 1. The molecule has 7 heteroatoms. The molecule has 2 amide bonds. The first-order valence-electron chi connectivity index (χ1n) is 7.93. The van der Waals surface area contributed by atoms with Crippen LogP contribution in [0.1, 0.15) is 21.7 Å². The first kappa shape index (κ1) is 18.5. The van der Waals surface area contributed by atoms with Gasteiger partial charge in [-0.15, -0.1) is 6.42 Å². The predicted molar refractivity (Wildman–Crippen MR) is 102 cm³/mol. The Morgan fingerprint density at radius 1 is 1.33 bits per heavy atom. The minimum Gasteiger partial charge on any atom is -0.465 e. The first-order valence-corrected chi connectivity index (χ1v) is 8.75. The molecule has 0 radical (unpaired) electrons. The van der Waals surface area contributed by atoms with Gasteiger partial charge in [0.1, 0.15) is 11.5 Å². The van der Waals surface area contributed by atoms with E-state index in [2.05, 4.69) is 5.92 Å². The van der Waals surface area contributed by atoms with Crippen molar-refractivity contribution in [2.24, 2.45) is 0 Å². The second-order valence-electron chi connectivity index (χ2n) is 5.64. The number of furan rings is 1. The maximum Gasteiger partial charge on any atom is 0.338 e. The largest absolute Gasteiger partial charge is 0.465 e. The molecule has 0 saturated carbocycles. The lowest BCUT2D eigenvalue weighted by atomic mass is 10.0. The fourth-order valence-corrected chi connectivity index (χ4v) is 3.48. The minimum absolute atomic E-state index is 0.0646. The van der Waals surface area contributed by atoms with Gasteiger partial charge in [-0.3, -0.25) is 14.5 Å². The molecule has 0 atom stereocenters. The number of nitrogens with zero attached hydrogens (tertiary/aromatic N) is 1. The second-order valence-corrected chi connectivity index (χ2v) is 6.64. The van der Waals surface area contributed by atoms with Crippen LogP contribution in [0.4, 0.5) is 4.79 Å². The van der Waals surface area contributed by atoms with Gasteiger partial charge in [0, 0.05) is 11.6 Å². The highest BCUT2D eigenvalue weighted by atomic mass is 32.2. The lowest BCUT2D eigenvalue weighted by Gasteiger charge is -2.07. The van der Waals surface area contributed by atoms with Crippen molar-refractivity contribution in [2.75, 3.05) is 13.7 Å². The maximum absolute atomic E-state index is 12.2. The van der Waals surface area contributed by atoms with Gasteiger partial charge in [0.2, 0.25) is 0 Å². The molecule has 3 rings (SSSR count). The van der Waals surface area contributed by atoms with Crippen molar-refractivity contribution >= 4 is 35.0 Å². The van der Waals surface area contributed by atoms with Crippen LogP contribution in [0.25, 0.3) is 17.4 Å². The number of thioether (sulfide) groups is 1. The average molecular weight is 381 g/mol. The molecule has 136 valence electrons. The van der Waals surface area contributed by atoms with E-state index in [-0.39, 0.29) is 11.4 Å². The molecule has 1 aromatic heterocycles. The van der Waals surface area contributed by atoms with E-state index in [1.165, 1.54) is 13.2 Å². The summed E-state index contributed by atoms with van der Waals surface area (Å²) in [6.07, 6.45) is 6.68. The molecule has 0 spiro atoms. The third kappa shape index (κ3) is 3.52. The normalized spacial score (nSPS) is 15.3. The summed E-state index contributed by atoms with van der Waals surface area (Å²) >= 11 is 0.816. The molecule has 2 aromatic rings. The Morgan fingerprint density at radius 3 is 2.81 bits per heavy atom. The van der Waals surface area contributed by atoms with Crippen LogP contribution in [0.15, 0.2) is 39.7 Å². The highest BCUT2D eigenvalue weighted by Crippen LogP contribution is 2.34. The van der Waals surface area contributed by atoms with Crippen LogP contribution in [0.5, 0.6) is 0 Å². The van der Waals surface area contributed by atoms with E-state index >= 15 is 0 Å². The lowest BCUT2D eigenvalue weighted by Crippen LogP contribution is -2.28. The zero-order chi connectivity index (χ0) is 19.6. The number of ether oxygens (including phenoxy) is 1. The van der Waals surface area contributed by atoms with Gasteiger partial charge in [0.15, 0.2) is 0 Å². The topological polar surface area (TPSA) is 76.8 Å². The number of hydrogen-bond acceptors (Lipinski definition) is 6. The van der Waals surface area contributed by atoms with Crippen LogP contribution in [-0.2, 0) is 9.53 Å². The van der Waals surface area contributed by atoms with Gasteiger partial charge in [-0.1, -0.05) is 18.1 Å². The molecule has 27 heavy (non-hydrogen) atoms. The van der Waals surface area contributed by atoms with E-state index in [0.717, 1.165) is 27.8 Å². The third-order valence-corrected chi connectivity index (χ3v) is 4.94. The van der Waals surface area contributed by atoms with Crippen LogP contribution >= 0.6 is 11.8 Å². The minimum atomic E-state index is -0.440.